The Kier molecular flexibility index (Phi) is 7.14. The van der Waals surface area contributed by atoms with Crippen LogP contribution in [0.2, 0.25) is 0 Å². The smallest absolute Gasteiger partial charge is 0.0830 e. The van der Waals surface area contributed by atoms with E-state index in [1.165, 1.54) is 57.8 Å². The molecule has 1 rings (SSSR count). The lowest BCUT2D eigenvalue weighted by molar-refractivity contribution is -0.0382. The van der Waals surface area contributed by atoms with Crippen molar-refractivity contribution in [3.8, 4) is 0 Å². The zero-order valence-corrected chi connectivity index (χ0v) is 12.1. The molecule has 0 aliphatic heterocycles. The average Bonchev–Trinajstić information content (AvgIpc) is 2.83. The maximum absolute atomic E-state index is 5.93. The van der Waals surface area contributed by atoms with Gasteiger partial charge in [-0.05, 0) is 32.2 Å². The Labute approximate surface area is 108 Å². The van der Waals surface area contributed by atoms with E-state index in [1.54, 1.807) is 0 Å². The molecule has 0 aromatic heterocycles. The Morgan fingerprint density at radius 1 is 1.12 bits per heavy atom. The van der Waals surface area contributed by atoms with Gasteiger partial charge in [0, 0.05) is 13.2 Å². The molecule has 17 heavy (non-hydrogen) atoms. The summed E-state index contributed by atoms with van der Waals surface area (Å²) in [6.45, 7) is 5.64. The summed E-state index contributed by atoms with van der Waals surface area (Å²) >= 11 is 0. The van der Waals surface area contributed by atoms with Crippen LogP contribution in [0, 0.1) is 0 Å². The van der Waals surface area contributed by atoms with E-state index in [4.69, 9.17) is 4.74 Å². The van der Waals surface area contributed by atoms with E-state index in [1.807, 2.05) is 7.11 Å². The molecule has 0 spiro atoms. The minimum atomic E-state index is 0.142. The van der Waals surface area contributed by atoms with Gasteiger partial charge in [-0.1, -0.05) is 46.0 Å². The van der Waals surface area contributed by atoms with Crippen LogP contribution in [-0.4, -0.2) is 25.3 Å². The Morgan fingerprint density at radius 3 is 2.35 bits per heavy atom. The molecule has 1 aliphatic rings. The molecule has 1 saturated carbocycles. The minimum Gasteiger partial charge on any atom is -0.377 e. The maximum atomic E-state index is 5.93. The molecule has 1 atom stereocenters. The molecule has 2 nitrogen and oxygen atoms in total. The summed E-state index contributed by atoms with van der Waals surface area (Å²) in [6.07, 6.45) is 11.7. The third-order valence-electron chi connectivity index (χ3n) is 4.23. The summed E-state index contributed by atoms with van der Waals surface area (Å²) < 4.78 is 5.93. The highest BCUT2D eigenvalue weighted by Crippen LogP contribution is 2.37. The monoisotopic (exact) mass is 241 g/mol. The highest BCUT2D eigenvalue weighted by Gasteiger charge is 2.40. The van der Waals surface area contributed by atoms with Crippen LogP contribution in [0.15, 0.2) is 0 Å². The largest absolute Gasteiger partial charge is 0.377 e. The van der Waals surface area contributed by atoms with Crippen LogP contribution in [0.25, 0.3) is 0 Å². The lowest BCUT2D eigenvalue weighted by Gasteiger charge is -2.37. The number of hydrogen-bond donors (Lipinski definition) is 1. The van der Waals surface area contributed by atoms with Crippen LogP contribution in [0.4, 0.5) is 0 Å². The van der Waals surface area contributed by atoms with Crippen molar-refractivity contribution in [3.63, 3.8) is 0 Å². The summed E-state index contributed by atoms with van der Waals surface area (Å²) in [5.74, 6) is 0. The van der Waals surface area contributed by atoms with Crippen LogP contribution >= 0.6 is 0 Å². The van der Waals surface area contributed by atoms with Gasteiger partial charge in [-0.3, -0.25) is 0 Å². The van der Waals surface area contributed by atoms with Gasteiger partial charge in [-0.2, -0.15) is 0 Å². The van der Waals surface area contributed by atoms with Gasteiger partial charge >= 0.3 is 0 Å². The van der Waals surface area contributed by atoms with E-state index < -0.39 is 0 Å². The van der Waals surface area contributed by atoms with Crippen LogP contribution in [0.1, 0.15) is 71.6 Å². The lowest BCUT2D eigenvalue weighted by Crippen LogP contribution is -2.50. The minimum absolute atomic E-state index is 0.142. The van der Waals surface area contributed by atoms with Gasteiger partial charge in [-0.25, -0.2) is 0 Å². The van der Waals surface area contributed by atoms with Crippen molar-refractivity contribution < 1.29 is 4.74 Å². The Balaban J connectivity index is 2.52. The second kappa shape index (κ2) is 8.10. The van der Waals surface area contributed by atoms with E-state index in [-0.39, 0.29) is 5.60 Å². The third-order valence-corrected chi connectivity index (χ3v) is 4.23. The van der Waals surface area contributed by atoms with Crippen LogP contribution < -0.4 is 5.32 Å². The zero-order valence-electron chi connectivity index (χ0n) is 12.1. The van der Waals surface area contributed by atoms with Gasteiger partial charge in [0.25, 0.3) is 0 Å². The number of rotatable bonds is 9. The molecule has 0 heterocycles. The second-order valence-electron chi connectivity index (χ2n) is 5.48. The standard InChI is InChI=1S/C15H31NO/c1-4-6-7-10-14(16-13-5-2)15(17-3)11-8-9-12-15/h14,16H,4-13H2,1-3H3. The van der Waals surface area contributed by atoms with Gasteiger partial charge in [0.05, 0.1) is 5.60 Å². The van der Waals surface area contributed by atoms with Crippen molar-refractivity contribution in [1.82, 2.24) is 5.32 Å². The number of hydrogen-bond acceptors (Lipinski definition) is 2. The molecule has 0 bridgehead atoms. The van der Waals surface area contributed by atoms with Gasteiger partial charge in [0.1, 0.15) is 0 Å². The first kappa shape index (κ1) is 15.0. The average molecular weight is 241 g/mol. The van der Waals surface area contributed by atoms with Gasteiger partial charge in [0.15, 0.2) is 0 Å². The van der Waals surface area contributed by atoms with Crippen molar-refractivity contribution in [2.24, 2.45) is 0 Å². The van der Waals surface area contributed by atoms with Crippen molar-refractivity contribution in [2.75, 3.05) is 13.7 Å². The summed E-state index contributed by atoms with van der Waals surface area (Å²) in [4.78, 5) is 0. The number of methoxy groups -OCH3 is 1. The molecule has 0 radical (unpaired) electrons. The third kappa shape index (κ3) is 4.26. The molecule has 1 aliphatic carbocycles. The zero-order chi connectivity index (χ0) is 12.6. The first-order chi connectivity index (χ1) is 8.29. The quantitative estimate of drug-likeness (QED) is 0.618. The molecule has 102 valence electrons. The van der Waals surface area contributed by atoms with E-state index in [2.05, 4.69) is 19.2 Å². The fourth-order valence-corrected chi connectivity index (χ4v) is 3.14. The van der Waals surface area contributed by atoms with Crippen molar-refractivity contribution in [2.45, 2.75) is 83.3 Å². The molecule has 1 N–H and O–H groups in total. The van der Waals surface area contributed by atoms with E-state index >= 15 is 0 Å². The summed E-state index contributed by atoms with van der Waals surface area (Å²) in [6, 6.07) is 0.571. The van der Waals surface area contributed by atoms with E-state index in [0.29, 0.717) is 6.04 Å². The van der Waals surface area contributed by atoms with Gasteiger partial charge in [-0.15, -0.1) is 0 Å². The highest BCUT2D eigenvalue weighted by molar-refractivity contribution is 4.96. The predicted octanol–water partition coefficient (Wildman–Crippen LogP) is 3.89. The first-order valence-electron chi connectivity index (χ1n) is 7.57. The molecule has 1 fully saturated rings. The van der Waals surface area contributed by atoms with Crippen LogP contribution in [0.3, 0.4) is 0 Å². The van der Waals surface area contributed by atoms with E-state index in [9.17, 15) is 0 Å². The Bertz CT molecular complexity index is 187. The maximum Gasteiger partial charge on any atom is 0.0830 e. The molecule has 0 aromatic carbocycles. The molecule has 1 unspecified atom stereocenters. The Hall–Kier alpha value is -0.0800. The lowest BCUT2D eigenvalue weighted by atomic mass is 9.88. The fraction of sp³-hybridized carbons (Fsp3) is 1.00. The predicted molar refractivity (Wildman–Crippen MR) is 74.4 cm³/mol. The van der Waals surface area contributed by atoms with E-state index in [0.717, 1.165) is 6.54 Å². The number of ether oxygens (including phenoxy) is 1. The van der Waals surface area contributed by atoms with Crippen molar-refractivity contribution in [1.29, 1.82) is 0 Å². The summed E-state index contributed by atoms with van der Waals surface area (Å²) in [5, 5.41) is 3.74. The molecule has 0 aromatic rings. The number of unbranched alkanes of at least 4 members (excludes halogenated alkanes) is 2. The van der Waals surface area contributed by atoms with Crippen LogP contribution in [-0.2, 0) is 4.74 Å². The SMILES string of the molecule is CCCCCC(NCCC)C1(OC)CCCC1. The summed E-state index contributed by atoms with van der Waals surface area (Å²) in [7, 11) is 1.91. The normalized spacial score (nSPS) is 20.6. The molecular weight excluding hydrogens is 210 g/mol. The summed E-state index contributed by atoms with van der Waals surface area (Å²) in [5.41, 5.74) is 0.142. The van der Waals surface area contributed by atoms with Crippen LogP contribution in [0.5, 0.6) is 0 Å². The molecule has 0 amide bonds. The van der Waals surface area contributed by atoms with Crippen molar-refractivity contribution >= 4 is 0 Å². The fourth-order valence-electron chi connectivity index (χ4n) is 3.14. The Morgan fingerprint density at radius 2 is 1.82 bits per heavy atom. The number of nitrogens with one attached hydrogen (secondary N) is 1. The van der Waals surface area contributed by atoms with Crippen molar-refractivity contribution in [3.05, 3.63) is 0 Å². The first-order valence-corrected chi connectivity index (χ1v) is 7.57. The molecule has 2 heteroatoms. The topological polar surface area (TPSA) is 21.3 Å². The second-order valence-corrected chi connectivity index (χ2v) is 5.48. The van der Waals surface area contributed by atoms with Gasteiger partial charge < -0.3 is 10.1 Å². The van der Waals surface area contributed by atoms with Gasteiger partial charge in [0.2, 0.25) is 0 Å². The molecule has 0 saturated heterocycles. The molecular formula is C15H31NO. The highest BCUT2D eigenvalue weighted by atomic mass is 16.5.